The zero-order chi connectivity index (χ0) is 19.0. The van der Waals surface area contributed by atoms with E-state index in [9.17, 15) is 9.59 Å². The van der Waals surface area contributed by atoms with Gasteiger partial charge in [-0.2, -0.15) is 0 Å². The first-order chi connectivity index (χ1) is 11.0. The van der Waals surface area contributed by atoms with Crippen LogP contribution in [0.4, 0.5) is 0 Å². The van der Waals surface area contributed by atoms with Gasteiger partial charge in [-0.1, -0.05) is 34.1 Å². The zero-order valence-electron chi connectivity index (χ0n) is 16.7. The number of esters is 2. The molecule has 1 atom stereocenters. The minimum atomic E-state index is -1.95. The first-order valence-corrected chi connectivity index (χ1v) is 11.9. The molecule has 0 saturated heterocycles. The standard InChI is InChI=1S/C18H36O5Si/c1-9-12-14(13-23-24(7,8)18(4,5)6)15(16(19)21-10-2)17(20)22-11-3/h14-15H,9-13H2,1-8H3/t14-/m0/s1. The van der Waals surface area contributed by atoms with Gasteiger partial charge in [0.2, 0.25) is 0 Å². The molecule has 0 aliphatic rings. The van der Waals surface area contributed by atoms with E-state index in [2.05, 4.69) is 33.9 Å². The Balaban J connectivity index is 5.30. The van der Waals surface area contributed by atoms with Crippen molar-refractivity contribution in [3.63, 3.8) is 0 Å². The van der Waals surface area contributed by atoms with Crippen LogP contribution in [0.5, 0.6) is 0 Å². The topological polar surface area (TPSA) is 61.8 Å². The Morgan fingerprint density at radius 3 is 1.75 bits per heavy atom. The molecule has 0 heterocycles. The molecule has 0 bridgehead atoms. The van der Waals surface area contributed by atoms with Crippen molar-refractivity contribution < 1.29 is 23.5 Å². The first-order valence-electron chi connectivity index (χ1n) is 8.99. The Morgan fingerprint density at radius 2 is 1.42 bits per heavy atom. The minimum Gasteiger partial charge on any atom is -0.465 e. The summed E-state index contributed by atoms with van der Waals surface area (Å²) in [5, 5.41) is 0.0765. The van der Waals surface area contributed by atoms with Crippen LogP contribution in [0.2, 0.25) is 18.1 Å². The average molecular weight is 361 g/mol. The molecule has 6 heteroatoms. The Labute approximate surface area is 148 Å². The highest BCUT2D eigenvalue weighted by molar-refractivity contribution is 6.74. The fourth-order valence-electron chi connectivity index (χ4n) is 2.19. The minimum absolute atomic E-state index is 0.0765. The van der Waals surface area contributed by atoms with Crippen molar-refractivity contribution in [3.8, 4) is 0 Å². The highest BCUT2D eigenvalue weighted by Gasteiger charge is 2.41. The van der Waals surface area contributed by atoms with Gasteiger partial charge in [-0.25, -0.2) is 0 Å². The predicted octanol–water partition coefficient (Wildman–Crippen LogP) is 4.17. The number of carbonyl (C=O) groups excluding carboxylic acids is 2. The van der Waals surface area contributed by atoms with Crippen molar-refractivity contribution in [2.45, 2.75) is 72.5 Å². The first kappa shape index (κ1) is 23.1. The molecule has 0 saturated carbocycles. The lowest BCUT2D eigenvalue weighted by Gasteiger charge is -2.38. The summed E-state index contributed by atoms with van der Waals surface area (Å²) in [6, 6.07) is 0. The van der Waals surface area contributed by atoms with Gasteiger partial charge in [0.25, 0.3) is 0 Å². The van der Waals surface area contributed by atoms with Gasteiger partial charge in [-0.15, -0.1) is 0 Å². The molecule has 0 aromatic heterocycles. The van der Waals surface area contributed by atoms with Crippen molar-refractivity contribution in [1.29, 1.82) is 0 Å². The summed E-state index contributed by atoms with van der Waals surface area (Å²) in [5.74, 6) is -2.14. The summed E-state index contributed by atoms with van der Waals surface area (Å²) >= 11 is 0. The normalized spacial score (nSPS) is 13.7. The quantitative estimate of drug-likeness (QED) is 0.332. The van der Waals surface area contributed by atoms with Gasteiger partial charge >= 0.3 is 11.9 Å². The molecule has 0 amide bonds. The summed E-state index contributed by atoms with van der Waals surface area (Å²) in [7, 11) is -1.95. The molecule has 0 aromatic rings. The Morgan fingerprint density at radius 1 is 0.958 bits per heavy atom. The molecule has 0 fully saturated rings. The molecule has 0 spiro atoms. The average Bonchev–Trinajstić information content (AvgIpc) is 2.44. The van der Waals surface area contributed by atoms with E-state index in [1.165, 1.54) is 0 Å². The van der Waals surface area contributed by atoms with Crippen LogP contribution in [0.25, 0.3) is 0 Å². The van der Waals surface area contributed by atoms with Gasteiger partial charge in [0.15, 0.2) is 14.2 Å². The van der Waals surface area contributed by atoms with Crippen LogP contribution in [0.3, 0.4) is 0 Å². The molecule has 5 nitrogen and oxygen atoms in total. The third-order valence-electron chi connectivity index (χ3n) is 4.68. The van der Waals surface area contributed by atoms with Gasteiger partial charge in [-0.05, 0) is 38.4 Å². The van der Waals surface area contributed by atoms with Crippen molar-refractivity contribution in [3.05, 3.63) is 0 Å². The maximum atomic E-state index is 12.3. The maximum Gasteiger partial charge on any atom is 0.320 e. The number of hydrogen-bond acceptors (Lipinski definition) is 5. The van der Waals surface area contributed by atoms with E-state index in [4.69, 9.17) is 13.9 Å². The fourth-order valence-corrected chi connectivity index (χ4v) is 3.26. The Hall–Kier alpha value is -0.883. The number of rotatable bonds is 10. The van der Waals surface area contributed by atoms with E-state index in [-0.39, 0.29) is 24.2 Å². The second kappa shape index (κ2) is 10.2. The van der Waals surface area contributed by atoms with Crippen LogP contribution < -0.4 is 0 Å². The van der Waals surface area contributed by atoms with Gasteiger partial charge in [0.05, 0.1) is 13.2 Å². The molecule has 24 heavy (non-hydrogen) atoms. The third-order valence-corrected chi connectivity index (χ3v) is 9.18. The highest BCUT2D eigenvalue weighted by atomic mass is 28.4. The number of hydrogen-bond donors (Lipinski definition) is 0. The number of carbonyl (C=O) groups is 2. The van der Waals surface area contributed by atoms with Crippen LogP contribution in [-0.4, -0.2) is 40.1 Å². The van der Waals surface area contributed by atoms with E-state index in [1.807, 2.05) is 6.92 Å². The van der Waals surface area contributed by atoms with Gasteiger partial charge in [-0.3, -0.25) is 9.59 Å². The lowest BCUT2D eigenvalue weighted by atomic mass is 9.89. The Bertz CT molecular complexity index is 383. The van der Waals surface area contributed by atoms with Crippen LogP contribution in [0, 0.1) is 11.8 Å². The van der Waals surface area contributed by atoms with E-state index >= 15 is 0 Å². The summed E-state index contributed by atoms with van der Waals surface area (Å²) < 4.78 is 16.5. The lowest BCUT2D eigenvalue weighted by Crippen LogP contribution is -2.44. The predicted molar refractivity (Wildman–Crippen MR) is 98.3 cm³/mol. The zero-order valence-corrected chi connectivity index (χ0v) is 17.7. The molecular formula is C18H36O5Si. The van der Waals surface area contributed by atoms with Crippen molar-refractivity contribution in [2.24, 2.45) is 11.8 Å². The lowest BCUT2D eigenvalue weighted by molar-refractivity contribution is -0.165. The molecular weight excluding hydrogens is 324 g/mol. The van der Waals surface area contributed by atoms with Crippen LogP contribution in [0.15, 0.2) is 0 Å². The molecule has 0 aromatic carbocycles. The molecule has 0 N–H and O–H groups in total. The second-order valence-electron chi connectivity index (χ2n) is 7.60. The molecule has 0 aliphatic heterocycles. The largest absolute Gasteiger partial charge is 0.465 e. The van der Waals surface area contributed by atoms with E-state index in [1.54, 1.807) is 13.8 Å². The molecule has 0 rings (SSSR count). The van der Waals surface area contributed by atoms with Crippen molar-refractivity contribution in [1.82, 2.24) is 0 Å². The molecule has 0 radical (unpaired) electrons. The number of ether oxygens (including phenoxy) is 2. The monoisotopic (exact) mass is 360 g/mol. The SMILES string of the molecule is CCC[C@@H](CO[Si](C)(C)C(C)(C)C)C(C(=O)OCC)C(=O)OCC. The Kier molecular flexibility index (Phi) is 9.81. The summed E-state index contributed by atoms with van der Waals surface area (Å²) in [6.45, 7) is 17.2. The van der Waals surface area contributed by atoms with Gasteiger partial charge < -0.3 is 13.9 Å². The van der Waals surface area contributed by atoms with Crippen molar-refractivity contribution >= 4 is 20.3 Å². The second-order valence-corrected chi connectivity index (χ2v) is 12.4. The maximum absolute atomic E-state index is 12.3. The van der Waals surface area contributed by atoms with Crippen molar-refractivity contribution in [2.75, 3.05) is 19.8 Å². The highest BCUT2D eigenvalue weighted by Crippen LogP contribution is 2.37. The third kappa shape index (κ3) is 6.93. The van der Waals surface area contributed by atoms with Gasteiger partial charge in [0, 0.05) is 12.5 Å². The van der Waals surface area contributed by atoms with Crippen LogP contribution in [-0.2, 0) is 23.5 Å². The smallest absolute Gasteiger partial charge is 0.320 e. The van der Waals surface area contributed by atoms with Gasteiger partial charge in [0.1, 0.15) is 0 Å². The molecule has 0 aliphatic carbocycles. The summed E-state index contributed by atoms with van der Waals surface area (Å²) in [4.78, 5) is 24.7. The van der Waals surface area contributed by atoms with E-state index < -0.39 is 26.2 Å². The molecule has 142 valence electrons. The van der Waals surface area contributed by atoms with Crippen LogP contribution in [0.1, 0.15) is 54.4 Å². The van der Waals surface area contributed by atoms with E-state index in [0.717, 1.165) is 12.8 Å². The summed E-state index contributed by atoms with van der Waals surface area (Å²) in [6.07, 6.45) is 1.58. The fraction of sp³-hybridized carbons (Fsp3) is 0.889. The van der Waals surface area contributed by atoms with Crippen LogP contribution >= 0.6 is 0 Å². The summed E-state index contributed by atoms with van der Waals surface area (Å²) in [5.41, 5.74) is 0. The molecule has 0 unspecified atom stereocenters. The van der Waals surface area contributed by atoms with E-state index in [0.29, 0.717) is 6.61 Å².